The van der Waals surface area contributed by atoms with E-state index >= 15 is 0 Å². The quantitative estimate of drug-likeness (QED) is 0.193. The number of phenolic OH excluding ortho intramolecular Hbond substituents is 1. The molecular formula is C32H30N6O5S. The van der Waals surface area contributed by atoms with Crippen molar-refractivity contribution >= 4 is 23.4 Å². The second-order valence-electron chi connectivity index (χ2n) is 10.3. The largest absolute Gasteiger partial charge is 0.508 e. The Morgan fingerprint density at radius 3 is 2.57 bits per heavy atom. The molecule has 11 nitrogen and oxygen atoms in total. The molecule has 3 heterocycles. The van der Waals surface area contributed by atoms with Gasteiger partial charge >= 0.3 is 0 Å². The van der Waals surface area contributed by atoms with Gasteiger partial charge in [-0.1, -0.05) is 55.1 Å². The Bertz CT molecular complexity index is 1700. The summed E-state index contributed by atoms with van der Waals surface area (Å²) in [6.45, 7) is 2.04. The summed E-state index contributed by atoms with van der Waals surface area (Å²) in [6.07, 6.45) is 1.84. The number of anilines is 1. The van der Waals surface area contributed by atoms with Gasteiger partial charge in [0.05, 0.1) is 30.1 Å². The number of phenols is 1. The number of nitrogens with one attached hydrogen (secondary N) is 1. The number of pyridine rings is 1. The maximum absolute atomic E-state index is 12.8. The number of hydrogen-bond donors (Lipinski definition) is 3. The molecule has 0 bridgehead atoms. The predicted octanol–water partition coefficient (Wildman–Crippen LogP) is 5.09. The summed E-state index contributed by atoms with van der Waals surface area (Å²) in [5.74, 6) is 0.370. The molecule has 2 aromatic heterocycles. The van der Waals surface area contributed by atoms with E-state index in [1.54, 1.807) is 47.3 Å². The number of aliphatic hydroxyl groups excluding tert-OH is 1. The first-order valence-corrected chi connectivity index (χ1v) is 15.0. The molecule has 1 saturated heterocycles. The molecule has 1 fully saturated rings. The van der Waals surface area contributed by atoms with Crippen LogP contribution in [0.1, 0.15) is 46.4 Å². The van der Waals surface area contributed by atoms with E-state index in [4.69, 9.17) is 9.47 Å². The number of benzene rings is 3. The number of tetrazole rings is 1. The molecule has 4 unspecified atom stereocenters. The minimum Gasteiger partial charge on any atom is -0.508 e. The number of nitrogens with zero attached hydrogens (tertiary/aromatic N) is 5. The fourth-order valence-corrected chi connectivity index (χ4v) is 6.01. The summed E-state index contributed by atoms with van der Waals surface area (Å²) >= 11 is 1.46. The third kappa shape index (κ3) is 6.63. The van der Waals surface area contributed by atoms with Crippen LogP contribution in [-0.4, -0.2) is 53.2 Å². The molecule has 0 spiro atoms. The highest BCUT2D eigenvalue weighted by Crippen LogP contribution is 2.43. The SMILES string of the molecule is CC1C(CSc2nnnn2-c2ccc(O)cc2)OC(c2cccc(NC(=O)c3cccnc3)c2)OC1c1ccc(CO)cc1. The fraction of sp³-hybridized carbons (Fsp3) is 0.219. The van der Waals surface area contributed by atoms with Gasteiger partial charge in [0.15, 0.2) is 6.29 Å². The van der Waals surface area contributed by atoms with Crippen molar-refractivity contribution in [1.82, 2.24) is 25.2 Å². The summed E-state index contributed by atoms with van der Waals surface area (Å²) in [7, 11) is 0. The number of thioether (sulfide) groups is 1. The summed E-state index contributed by atoms with van der Waals surface area (Å²) in [5.41, 5.74) is 4.31. The first kappa shape index (κ1) is 29.5. The molecule has 3 aromatic carbocycles. The van der Waals surface area contributed by atoms with Crippen molar-refractivity contribution < 1.29 is 24.5 Å². The number of aliphatic hydroxyl groups is 1. The molecule has 6 rings (SSSR count). The second kappa shape index (κ2) is 13.3. The molecule has 12 heteroatoms. The number of aromatic nitrogens is 5. The van der Waals surface area contributed by atoms with E-state index in [0.29, 0.717) is 22.2 Å². The Morgan fingerprint density at radius 2 is 1.82 bits per heavy atom. The van der Waals surface area contributed by atoms with Crippen molar-refractivity contribution in [3.63, 3.8) is 0 Å². The number of rotatable bonds is 9. The van der Waals surface area contributed by atoms with Crippen LogP contribution < -0.4 is 5.32 Å². The minimum absolute atomic E-state index is 0.0420. The van der Waals surface area contributed by atoms with Crippen molar-refractivity contribution in [2.75, 3.05) is 11.1 Å². The van der Waals surface area contributed by atoms with Crippen LogP contribution >= 0.6 is 11.8 Å². The van der Waals surface area contributed by atoms with Crippen LogP contribution in [0.15, 0.2) is 102 Å². The van der Waals surface area contributed by atoms with Gasteiger partial charge in [0.25, 0.3) is 5.91 Å². The Labute approximate surface area is 257 Å². The summed E-state index contributed by atoms with van der Waals surface area (Å²) in [6, 6.07) is 25.2. The van der Waals surface area contributed by atoms with Gasteiger partial charge in [0.2, 0.25) is 5.16 Å². The highest BCUT2D eigenvalue weighted by Gasteiger charge is 2.38. The van der Waals surface area contributed by atoms with Crippen LogP contribution in [0, 0.1) is 5.92 Å². The van der Waals surface area contributed by atoms with Crippen molar-refractivity contribution in [3.8, 4) is 11.4 Å². The average molecular weight is 611 g/mol. The van der Waals surface area contributed by atoms with E-state index in [-0.39, 0.29) is 36.4 Å². The summed E-state index contributed by atoms with van der Waals surface area (Å²) in [4.78, 5) is 16.8. The number of aromatic hydroxyl groups is 1. The number of hydrogen-bond acceptors (Lipinski definition) is 10. The summed E-state index contributed by atoms with van der Waals surface area (Å²) < 4.78 is 14.8. The number of ether oxygens (including phenoxy) is 2. The lowest BCUT2D eigenvalue weighted by molar-refractivity contribution is -0.268. The van der Waals surface area contributed by atoms with Gasteiger partial charge in [-0.25, -0.2) is 0 Å². The van der Waals surface area contributed by atoms with Gasteiger partial charge in [0.1, 0.15) is 5.75 Å². The highest BCUT2D eigenvalue weighted by atomic mass is 32.2. The van der Waals surface area contributed by atoms with Crippen molar-refractivity contribution in [3.05, 3.63) is 120 Å². The molecule has 224 valence electrons. The Kier molecular flexibility index (Phi) is 8.94. The van der Waals surface area contributed by atoms with Crippen LogP contribution in [-0.2, 0) is 16.1 Å². The van der Waals surface area contributed by atoms with Crippen LogP contribution in [0.2, 0.25) is 0 Å². The third-order valence-corrected chi connectivity index (χ3v) is 8.38. The maximum Gasteiger partial charge on any atom is 0.257 e. The van der Waals surface area contributed by atoms with E-state index in [9.17, 15) is 15.0 Å². The normalized spacial score (nSPS) is 19.9. The number of carbonyl (C=O) groups excluding carboxylic acids is 1. The van der Waals surface area contributed by atoms with Crippen LogP contribution in [0.25, 0.3) is 5.69 Å². The molecule has 4 atom stereocenters. The fourth-order valence-electron chi connectivity index (χ4n) is 4.95. The Balaban J connectivity index is 1.24. The van der Waals surface area contributed by atoms with Gasteiger partial charge in [-0.2, -0.15) is 4.68 Å². The highest BCUT2D eigenvalue weighted by molar-refractivity contribution is 7.99. The Morgan fingerprint density at radius 1 is 1.00 bits per heavy atom. The lowest BCUT2D eigenvalue weighted by Crippen LogP contribution is -2.38. The van der Waals surface area contributed by atoms with Gasteiger partial charge < -0.3 is 25.0 Å². The molecule has 1 aliphatic rings. The molecule has 0 aliphatic carbocycles. The van der Waals surface area contributed by atoms with Crippen LogP contribution in [0.3, 0.4) is 0 Å². The van der Waals surface area contributed by atoms with E-state index in [0.717, 1.165) is 22.4 Å². The lowest BCUT2D eigenvalue weighted by atomic mass is 9.91. The molecule has 3 N–H and O–H groups in total. The van der Waals surface area contributed by atoms with E-state index < -0.39 is 6.29 Å². The monoisotopic (exact) mass is 610 g/mol. The van der Waals surface area contributed by atoms with Gasteiger partial charge in [0, 0.05) is 35.3 Å². The third-order valence-electron chi connectivity index (χ3n) is 7.38. The van der Waals surface area contributed by atoms with Crippen molar-refractivity contribution in [1.29, 1.82) is 0 Å². The minimum atomic E-state index is -0.720. The first-order valence-electron chi connectivity index (χ1n) is 14.0. The van der Waals surface area contributed by atoms with Crippen molar-refractivity contribution in [2.45, 2.75) is 37.2 Å². The van der Waals surface area contributed by atoms with Gasteiger partial charge in [-0.05, 0) is 70.1 Å². The molecular weight excluding hydrogens is 580 g/mol. The molecule has 5 aromatic rings. The first-order chi connectivity index (χ1) is 21.5. The molecule has 0 radical (unpaired) electrons. The average Bonchev–Trinajstić information content (AvgIpc) is 3.54. The van der Waals surface area contributed by atoms with Crippen LogP contribution in [0.4, 0.5) is 5.69 Å². The van der Waals surface area contributed by atoms with E-state index in [1.807, 2.05) is 48.5 Å². The molecule has 1 amide bonds. The number of amides is 1. The summed E-state index contributed by atoms with van der Waals surface area (Å²) in [5, 5.41) is 34.9. The van der Waals surface area contributed by atoms with E-state index in [1.165, 1.54) is 18.0 Å². The van der Waals surface area contributed by atoms with Crippen LogP contribution in [0.5, 0.6) is 5.75 Å². The Hall–Kier alpha value is -4.62. The zero-order valence-corrected chi connectivity index (χ0v) is 24.5. The maximum atomic E-state index is 12.8. The van der Waals surface area contributed by atoms with Gasteiger partial charge in [-0.15, -0.1) is 5.10 Å². The topological polar surface area (TPSA) is 145 Å². The zero-order valence-electron chi connectivity index (χ0n) is 23.7. The van der Waals surface area contributed by atoms with E-state index in [2.05, 4.69) is 32.7 Å². The molecule has 1 aliphatic heterocycles. The zero-order chi connectivity index (χ0) is 30.5. The standard InChI is InChI=1S/C32H30N6O5S/c1-20-28(19-44-32-35-36-37-38(32)26-11-13-27(40)14-12-26)42-31(43-29(20)22-9-7-21(18-39)8-10-22)23-4-2-6-25(16-23)34-30(41)24-5-3-15-33-17-24/h2-17,20,28-29,31,39-40H,18-19H2,1H3,(H,34,41). The molecule has 0 saturated carbocycles. The van der Waals surface area contributed by atoms with Crippen molar-refractivity contribution in [2.24, 2.45) is 5.92 Å². The smallest absolute Gasteiger partial charge is 0.257 e. The second-order valence-corrected chi connectivity index (χ2v) is 11.3. The predicted molar refractivity (Wildman–Crippen MR) is 163 cm³/mol. The van der Waals surface area contributed by atoms with Gasteiger partial charge in [-0.3, -0.25) is 9.78 Å². The lowest BCUT2D eigenvalue weighted by Gasteiger charge is -2.41. The molecule has 44 heavy (non-hydrogen) atoms. The number of carbonyl (C=O) groups is 1.